The van der Waals surface area contributed by atoms with Crippen molar-refractivity contribution in [2.45, 2.75) is 13.8 Å². The van der Waals surface area contributed by atoms with Gasteiger partial charge in [-0.15, -0.1) is 11.3 Å². The number of anilines is 1. The molecule has 13 rings (SSSR count). The minimum Gasteiger partial charge on any atom is -0.379 e. The Morgan fingerprint density at radius 2 is 1.00 bits per heavy atom. The summed E-state index contributed by atoms with van der Waals surface area (Å²) in [5.41, 5.74) is 15.2. The zero-order chi connectivity index (χ0) is 43.4. The molecule has 12 aromatic rings. The lowest BCUT2D eigenvalue weighted by Crippen LogP contribution is -2.05. The maximum absolute atomic E-state index is 4.95. The van der Waals surface area contributed by atoms with Gasteiger partial charge in [-0.05, 0) is 113 Å². The molecule has 0 amide bonds. The van der Waals surface area contributed by atoms with Gasteiger partial charge in [-0.1, -0.05) is 80.6 Å². The lowest BCUT2D eigenvalue weighted by Gasteiger charge is -2.13. The van der Waals surface area contributed by atoms with E-state index in [2.05, 4.69) is 162 Å². The molecule has 9 heteroatoms. The van der Waals surface area contributed by atoms with Gasteiger partial charge in [0.15, 0.2) is 11.6 Å². The van der Waals surface area contributed by atoms with E-state index in [0.717, 1.165) is 90.1 Å². The highest BCUT2D eigenvalue weighted by Crippen LogP contribution is 2.43. The first-order chi connectivity index (χ1) is 32.2. The Hall–Kier alpha value is -8.27. The number of benzene rings is 6. The van der Waals surface area contributed by atoms with Crippen molar-refractivity contribution in [1.82, 2.24) is 34.1 Å². The first-order valence-electron chi connectivity index (χ1n) is 21.9. The van der Waals surface area contributed by atoms with Crippen LogP contribution in [-0.2, 0) is 0 Å². The van der Waals surface area contributed by atoms with E-state index in [0.29, 0.717) is 11.6 Å². The van der Waals surface area contributed by atoms with Crippen LogP contribution in [0.25, 0.3) is 115 Å². The summed E-state index contributed by atoms with van der Waals surface area (Å²) < 4.78 is 7.25. The summed E-state index contributed by atoms with van der Waals surface area (Å²) in [6.45, 7) is 4.78. The van der Waals surface area contributed by atoms with Crippen LogP contribution in [0.4, 0.5) is 5.69 Å². The summed E-state index contributed by atoms with van der Waals surface area (Å²) in [7, 11) is 0. The van der Waals surface area contributed by atoms with Crippen LogP contribution >= 0.6 is 11.3 Å². The second-order valence-corrected chi connectivity index (χ2v) is 16.8. The Kier molecular flexibility index (Phi) is 9.35. The molecule has 0 unspecified atom stereocenters. The average Bonchev–Trinajstić information content (AvgIpc) is 4.04. The third-order valence-electron chi connectivity index (χ3n) is 12.2. The maximum Gasteiger partial charge on any atom is 0.159 e. The summed E-state index contributed by atoms with van der Waals surface area (Å²) in [4.78, 5) is 23.3. The molecule has 7 heterocycles. The molecule has 0 saturated carbocycles. The van der Waals surface area contributed by atoms with Crippen molar-refractivity contribution in [3.63, 3.8) is 0 Å². The predicted molar refractivity (Wildman–Crippen MR) is 270 cm³/mol. The topological polar surface area (TPSA) is 86.3 Å². The lowest BCUT2D eigenvalue weighted by molar-refractivity contribution is 1.10. The Bertz CT molecular complexity index is 3810. The van der Waals surface area contributed by atoms with Gasteiger partial charge in [0.25, 0.3) is 0 Å². The largest absolute Gasteiger partial charge is 0.379 e. The van der Waals surface area contributed by atoms with Crippen molar-refractivity contribution in [3.05, 3.63) is 188 Å². The summed E-state index contributed by atoms with van der Waals surface area (Å²) in [6, 6.07) is 51.9. The van der Waals surface area contributed by atoms with Gasteiger partial charge in [0.1, 0.15) is 0 Å². The molecule has 0 saturated heterocycles. The number of aromatic nitrogens is 7. The molecule has 310 valence electrons. The molecular formula is C56H40N8S. The van der Waals surface area contributed by atoms with Crippen LogP contribution in [0.3, 0.4) is 0 Å². The van der Waals surface area contributed by atoms with E-state index in [1.54, 1.807) is 24.8 Å². The number of pyridine rings is 1. The van der Waals surface area contributed by atoms with E-state index in [4.69, 9.17) is 4.98 Å². The third-order valence-corrected chi connectivity index (χ3v) is 13.4. The Labute approximate surface area is 378 Å². The van der Waals surface area contributed by atoms with Crippen LogP contribution in [-0.4, -0.2) is 40.6 Å². The van der Waals surface area contributed by atoms with E-state index in [-0.39, 0.29) is 0 Å². The second-order valence-electron chi connectivity index (χ2n) is 15.7. The zero-order valence-corrected chi connectivity index (χ0v) is 36.5. The van der Waals surface area contributed by atoms with E-state index >= 15 is 0 Å². The smallest absolute Gasteiger partial charge is 0.159 e. The standard InChI is InChI=1S/C54H34N8S.C2H6/c1-3-11-39(53-57-25-7-26-58-53)37(9-1)33-15-19-45-43(29-33)51-47(13-5-23-55-51)61(45)35-17-21-49-41(31-35)42-32-36(18-22-50(42)63-49)62-46-20-16-34(30-44(46)52-48(62)14-6-24-56-52)38-10-2-4-12-40(38)54-59-27-8-28-60-54;1-2/h1-23,25-32,56H,24H2;1-2H3. The lowest BCUT2D eigenvalue weighted by atomic mass is 9.97. The Morgan fingerprint density at radius 3 is 1.62 bits per heavy atom. The quantitative estimate of drug-likeness (QED) is 0.179. The fraction of sp³-hybridized carbons (Fsp3) is 0.0536. The van der Waals surface area contributed by atoms with Crippen LogP contribution in [0, 0.1) is 0 Å². The molecule has 8 nitrogen and oxygen atoms in total. The average molecular weight is 857 g/mol. The molecule has 0 aliphatic carbocycles. The summed E-state index contributed by atoms with van der Waals surface area (Å²) in [5.74, 6) is 1.42. The molecule has 6 aromatic carbocycles. The number of fused-ring (bicyclic) bond motifs is 9. The molecule has 1 N–H and O–H groups in total. The third kappa shape index (κ3) is 6.31. The Morgan fingerprint density at radius 1 is 0.462 bits per heavy atom. The van der Waals surface area contributed by atoms with E-state index in [9.17, 15) is 0 Å². The predicted octanol–water partition coefficient (Wildman–Crippen LogP) is 14.2. The van der Waals surface area contributed by atoms with Gasteiger partial charge in [0.05, 0.1) is 33.4 Å². The van der Waals surface area contributed by atoms with Crippen LogP contribution in [0.1, 0.15) is 19.5 Å². The fourth-order valence-corrected chi connectivity index (χ4v) is 10.5. The molecular weight excluding hydrogens is 817 g/mol. The van der Waals surface area contributed by atoms with Crippen LogP contribution in [0.5, 0.6) is 0 Å². The van der Waals surface area contributed by atoms with Gasteiger partial charge < -0.3 is 14.5 Å². The summed E-state index contributed by atoms with van der Waals surface area (Å²) in [6.07, 6.45) is 13.5. The number of thiophene rings is 1. The summed E-state index contributed by atoms with van der Waals surface area (Å²) >= 11 is 1.83. The number of nitrogens with zero attached hydrogens (tertiary/aromatic N) is 7. The minimum absolute atomic E-state index is 0.705. The number of hydrogen-bond acceptors (Lipinski definition) is 7. The van der Waals surface area contributed by atoms with Crippen molar-refractivity contribution in [2.24, 2.45) is 0 Å². The number of nitrogens with one attached hydrogen (secondary N) is 1. The SMILES string of the molecule is C1=Cc2c(c3cc(-c4ccccc4-c4ncccn4)ccc3n2-c2ccc3sc4ccc(-n5c6ccc(-c7ccccc7-c7ncccn7)cc6c6ncccc65)cc4c3c2)NC1.CC. The monoisotopic (exact) mass is 856 g/mol. The second kappa shape index (κ2) is 15.8. The van der Waals surface area contributed by atoms with Gasteiger partial charge in [-0.2, -0.15) is 0 Å². The van der Waals surface area contributed by atoms with Gasteiger partial charge in [-0.25, -0.2) is 19.9 Å². The van der Waals surface area contributed by atoms with E-state index < -0.39 is 0 Å². The number of hydrogen-bond donors (Lipinski definition) is 1. The van der Waals surface area contributed by atoms with Crippen molar-refractivity contribution in [1.29, 1.82) is 0 Å². The molecule has 0 fully saturated rings. The first-order valence-corrected chi connectivity index (χ1v) is 22.8. The van der Waals surface area contributed by atoms with Gasteiger partial charge in [-0.3, -0.25) is 4.98 Å². The van der Waals surface area contributed by atoms with E-state index in [1.165, 1.54) is 25.6 Å². The highest BCUT2D eigenvalue weighted by Gasteiger charge is 2.22. The van der Waals surface area contributed by atoms with Gasteiger partial charge in [0.2, 0.25) is 0 Å². The summed E-state index contributed by atoms with van der Waals surface area (Å²) in [5, 5.41) is 8.43. The molecule has 0 atom stereocenters. The van der Waals surface area contributed by atoms with Crippen molar-refractivity contribution in [2.75, 3.05) is 11.9 Å². The van der Waals surface area contributed by atoms with E-state index in [1.807, 2.05) is 61.7 Å². The van der Waals surface area contributed by atoms with Gasteiger partial charge >= 0.3 is 0 Å². The highest BCUT2D eigenvalue weighted by atomic mass is 32.1. The van der Waals surface area contributed by atoms with Gasteiger partial charge in [0, 0.05) is 91.0 Å². The maximum atomic E-state index is 4.95. The van der Waals surface area contributed by atoms with Crippen LogP contribution < -0.4 is 5.32 Å². The van der Waals surface area contributed by atoms with Crippen LogP contribution in [0.2, 0.25) is 0 Å². The van der Waals surface area contributed by atoms with Crippen LogP contribution in [0.15, 0.2) is 183 Å². The molecule has 0 radical (unpaired) electrons. The van der Waals surface area contributed by atoms with Crippen molar-refractivity contribution >= 4 is 76.1 Å². The van der Waals surface area contributed by atoms with Crippen molar-refractivity contribution < 1.29 is 0 Å². The number of rotatable bonds is 6. The Balaban J connectivity index is 0.00000219. The minimum atomic E-state index is 0.705. The molecule has 0 spiro atoms. The molecule has 65 heavy (non-hydrogen) atoms. The molecule has 6 aromatic heterocycles. The molecule has 0 bridgehead atoms. The normalized spacial score (nSPS) is 12.2. The fourth-order valence-electron chi connectivity index (χ4n) is 9.48. The first kappa shape index (κ1) is 38.4. The molecule has 1 aliphatic heterocycles. The highest BCUT2D eigenvalue weighted by molar-refractivity contribution is 7.25. The molecule has 1 aliphatic rings. The van der Waals surface area contributed by atoms with Crippen molar-refractivity contribution in [3.8, 4) is 56.4 Å². The zero-order valence-electron chi connectivity index (χ0n) is 35.6.